The van der Waals surface area contributed by atoms with Gasteiger partial charge in [0.2, 0.25) is 11.8 Å². The van der Waals surface area contributed by atoms with E-state index < -0.39 is 40.2 Å². The number of carbonyl (C=O) groups is 2. The third-order valence-electron chi connectivity index (χ3n) is 7.01. The van der Waals surface area contributed by atoms with Crippen molar-refractivity contribution in [1.29, 1.82) is 0 Å². The van der Waals surface area contributed by atoms with Gasteiger partial charge in [-0.3, -0.25) is 13.9 Å². The zero-order valence-corrected chi connectivity index (χ0v) is 24.6. The van der Waals surface area contributed by atoms with Crippen LogP contribution in [0, 0.1) is 19.7 Å². The predicted molar refractivity (Wildman–Crippen MR) is 162 cm³/mol. The Bertz CT molecular complexity index is 1630. The van der Waals surface area contributed by atoms with E-state index in [2.05, 4.69) is 5.32 Å². The number of hydrogen-bond donors (Lipinski definition) is 1. The van der Waals surface area contributed by atoms with Crippen molar-refractivity contribution in [2.75, 3.05) is 17.9 Å². The fraction of sp³-hybridized carbons (Fsp3) is 0.212. The molecule has 4 rings (SSSR count). The molecule has 0 saturated carbocycles. The highest BCUT2D eigenvalue weighted by molar-refractivity contribution is 7.92. The smallest absolute Gasteiger partial charge is 0.264 e. The summed E-state index contributed by atoms with van der Waals surface area (Å²) in [4.78, 5) is 29.0. The summed E-state index contributed by atoms with van der Waals surface area (Å²) in [7, 11) is -2.68. The first-order valence-corrected chi connectivity index (χ1v) is 15.0. The number of aryl methyl sites for hydroxylation is 2. The minimum Gasteiger partial charge on any atom is -0.357 e. The molecule has 7 nitrogen and oxygen atoms in total. The van der Waals surface area contributed by atoms with Gasteiger partial charge in [0.1, 0.15) is 18.4 Å². The predicted octanol–water partition coefficient (Wildman–Crippen LogP) is 5.02. The van der Waals surface area contributed by atoms with Crippen LogP contribution in [0.1, 0.15) is 22.3 Å². The molecular weight excluding hydrogens is 553 g/mol. The number of rotatable bonds is 11. The number of benzene rings is 4. The fourth-order valence-corrected chi connectivity index (χ4v) is 6.33. The van der Waals surface area contributed by atoms with Crippen LogP contribution in [0.2, 0.25) is 0 Å². The summed E-state index contributed by atoms with van der Waals surface area (Å²) in [5.41, 5.74) is 3.40. The van der Waals surface area contributed by atoms with E-state index in [0.29, 0.717) is 16.8 Å². The first-order valence-electron chi connectivity index (χ1n) is 13.5. The van der Waals surface area contributed by atoms with Gasteiger partial charge in [-0.25, -0.2) is 12.8 Å². The van der Waals surface area contributed by atoms with Crippen molar-refractivity contribution < 1.29 is 22.4 Å². The van der Waals surface area contributed by atoms with Crippen molar-refractivity contribution >= 4 is 27.5 Å². The van der Waals surface area contributed by atoms with Crippen molar-refractivity contribution in [3.63, 3.8) is 0 Å². The molecule has 0 aliphatic heterocycles. The Labute approximate surface area is 246 Å². The van der Waals surface area contributed by atoms with Crippen molar-refractivity contribution in [3.05, 3.63) is 131 Å². The molecule has 0 saturated heterocycles. The summed E-state index contributed by atoms with van der Waals surface area (Å²) >= 11 is 0. The number of amides is 2. The molecular formula is C33H34FN3O4S. The monoisotopic (exact) mass is 587 g/mol. The lowest BCUT2D eigenvalue weighted by atomic mass is 10.0. The Morgan fingerprint density at radius 1 is 0.833 bits per heavy atom. The Hall–Kier alpha value is -4.50. The van der Waals surface area contributed by atoms with Gasteiger partial charge >= 0.3 is 0 Å². The van der Waals surface area contributed by atoms with Crippen LogP contribution >= 0.6 is 0 Å². The maximum Gasteiger partial charge on any atom is 0.264 e. The molecule has 1 atom stereocenters. The van der Waals surface area contributed by atoms with Crippen LogP contribution in [0.5, 0.6) is 0 Å². The lowest BCUT2D eigenvalue weighted by Gasteiger charge is -2.34. The molecule has 9 heteroatoms. The summed E-state index contributed by atoms with van der Waals surface area (Å²) < 4.78 is 42.8. The molecule has 0 fully saturated rings. The van der Waals surface area contributed by atoms with E-state index in [1.165, 1.54) is 36.2 Å². The Morgan fingerprint density at radius 2 is 1.45 bits per heavy atom. The third kappa shape index (κ3) is 7.22. The standard InChI is InChI=1S/C33H34FN3O4S/c1-24-14-19-30(25(2)20-24)37(42(40,41)29-12-8-5-9-13-29)23-32(38)36(22-27-15-17-28(34)18-16-27)31(33(39)35-3)21-26-10-6-4-7-11-26/h4-20,31H,21-23H2,1-3H3,(H,35,39)/t31-/m0/s1. The Balaban J connectivity index is 1.80. The van der Waals surface area contributed by atoms with Gasteiger partial charge in [-0.05, 0) is 60.9 Å². The lowest BCUT2D eigenvalue weighted by molar-refractivity contribution is -0.139. The molecule has 0 radical (unpaired) electrons. The zero-order chi connectivity index (χ0) is 30.3. The van der Waals surface area contributed by atoms with Crippen molar-refractivity contribution in [1.82, 2.24) is 10.2 Å². The van der Waals surface area contributed by atoms with Gasteiger partial charge < -0.3 is 10.2 Å². The number of halogens is 1. The van der Waals surface area contributed by atoms with Gasteiger partial charge in [-0.1, -0.05) is 78.4 Å². The van der Waals surface area contributed by atoms with Crippen LogP contribution in [0.4, 0.5) is 10.1 Å². The third-order valence-corrected chi connectivity index (χ3v) is 8.79. The Kier molecular flexibility index (Phi) is 9.75. The van der Waals surface area contributed by atoms with Crippen LogP contribution in [0.15, 0.2) is 108 Å². The normalized spacial score (nSPS) is 11.9. The maximum absolute atomic E-state index is 14.3. The van der Waals surface area contributed by atoms with Gasteiger partial charge in [0.25, 0.3) is 10.0 Å². The second-order valence-electron chi connectivity index (χ2n) is 10.1. The van der Waals surface area contributed by atoms with E-state index >= 15 is 0 Å². The van der Waals surface area contributed by atoms with Gasteiger partial charge in [0.15, 0.2) is 0 Å². The van der Waals surface area contributed by atoms with Gasteiger partial charge in [-0.2, -0.15) is 0 Å². The summed E-state index contributed by atoms with van der Waals surface area (Å²) in [5, 5.41) is 2.65. The number of nitrogens with zero attached hydrogens (tertiary/aromatic N) is 2. The molecule has 2 amide bonds. The zero-order valence-electron chi connectivity index (χ0n) is 23.8. The quantitative estimate of drug-likeness (QED) is 0.267. The number of anilines is 1. The van der Waals surface area contributed by atoms with Crippen molar-refractivity contribution in [2.45, 2.75) is 37.8 Å². The van der Waals surface area contributed by atoms with Gasteiger partial charge in [-0.15, -0.1) is 0 Å². The fourth-order valence-electron chi connectivity index (χ4n) is 4.83. The molecule has 0 aliphatic rings. The SMILES string of the molecule is CNC(=O)[C@H](Cc1ccccc1)N(Cc1ccc(F)cc1)C(=O)CN(c1ccc(C)cc1C)S(=O)(=O)c1ccccc1. The molecule has 0 heterocycles. The minimum atomic E-state index is -4.17. The average molecular weight is 588 g/mol. The molecule has 0 unspecified atom stereocenters. The summed E-state index contributed by atoms with van der Waals surface area (Å²) in [6, 6.07) is 27.2. The minimum absolute atomic E-state index is 0.0316. The molecule has 0 aromatic heterocycles. The lowest BCUT2D eigenvalue weighted by Crippen LogP contribution is -2.53. The summed E-state index contributed by atoms with van der Waals surface area (Å²) in [6.45, 7) is 3.11. The first kappa shape index (κ1) is 30.5. The highest BCUT2D eigenvalue weighted by atomic mass is 32.2. The molecule has 218 valence electrons. The molecule has 1 N–H and O–H groups in total. The van der Waals surface area contributed by atoms with E-state index in [-0.39, 0.29) is 17.9 Å². The van der Waals surface area contributed by atoms with E-state index in [0.717, 1.165) is 15.4 Å². The van der Waals surface area contributed by atoms with E-state index in [9.17, 15) is 22.4 Å². The number of likely N-dealkylation sites (N-methyl/N-ethyl adjacent to an activating group) is 1. The van der Waals surface area contributed by atoms with Crippen molar-refractivity contribution in [3.8, 4) is 0 Å². The van der Waals surface area contributed by atoms with E-state index in [1.807, 2.05) is 43.3 Å². The Morgan fingerprint density at radius 3 is 2.05 bits per heavy atom. The second kappa shape index (κ2) is 13.4. The number of nitrogens with one attached hydrogen (secondary N) is 1. The van der Waals surface area contributed by atoms with Crippen LogP contribution < -0.4 is 9.62 Å². The molecule has 0 spiro atoms. The summed E-state index contributed by atoms with van der Waals surface area (Å²) in [6.07, 6.45) is 0.197. The van der Waals surface area contributed by atoms with Crippen LogP contribution in [-0.2, 0) is 32.6 Å². The van der Waals surface area contributed by atoms with Gasteiger partial charge in [0.05, 0.1) is 10.6 Å². The molecule has 4 aromatic rings. The number of sulfonamides is 1. The largest absolute Gasteiger partial charge is 0.357 e. The highest BCUT2D eigenvalue weighted by Crippen LogP contribution is 2.28. The molecule has 42 heavy (non-hydrogen) atoms. The molecule has 0 bridgehead atoms. The summed E-state index contributed by atoms with van der Waals surface area (Å²) in [5.74, 6) is -1.42. The molecule has 0 aliphatic carbocycles. The van der Waals surface area contributed by atoms with Gasteiger partial charge in [0, 0.05) is 20.0 Å². The maximum atomic E-state index is 14.3. The second-order valence-corrected chi connectivity index (χ2v) is 11.9. The van der Waals surface area contributed by atoms with Crippen LogP contribution in [0.25, 0.3) is 0 Å². The topological polar surface area (TPSA) is 86.8 Å². The number of carbonyl (C=O) groups excluding carboxylic acids is 2. The molecule has 4 aromatic carbocycles. The van der Waals surface area contributed by atoms with E-state index in [1.54, 1.807) is 49.4 Å². The van der Waals surface area contributed by atoms with Crippen molar-refractivity contribution in [2.24, 2.45) is 0 Å². The average Bonchev–Trinajstić information content (AvgIpc) is 2.99. The highest BCUT2D eigenvalue weighted by Gasteiger charge is 2.34. The first-order chi connectivity index (χ1) is 20.1. The van der Waals surface area contributed by atoms with Crippen LogP contribution in [0.3, 0.4) is 0 Å². The van der Waals surface area contributed by atoms with E-state index in [4.69, 9.17) is 0 Å². The number of hydrogen-bond acceptors (Lipinski definition) is 4. The van der Waals surface area contributed by atoms with Crippen LogP contribution in [-0.4, -0.2) is 44.8 Å².